The number of aromatic nitrogens is 2. The second-order valence-electron chi connectivity index (χ2n) is 9.58. The van der Waals surface area contributed by atoms with Crippen LogP contribution in [0.15, 0.2) is 89.8 Å². The molecule has 1 aromatic heterocycles. The van der Waals surface area contributed by atoms with Gasteiger partial charge in [-0.25, -0.2) is 14.8 Å². The SMILES string of the molecule is CNc1nc(-c2cccc(NC(=O)c3ccc(C(=O)O)cc3)c2)c2cc(OC)c(OC)cc2n1.Cc1ccc(S(=O)(=O)O)cc1. The maximum absolute atomic E-state index is 12.7. The van der Waals surface area contributed by atoms with Crippen molar-refractivity contribution in [2.24, 2.45) is 0 Å². The van der Waals surface area contributed by atoms with Gasteiger partial charge in [-0.05, 0) is 61.5 Å². The molecule has 5 rings (SSSR count). The number of nitrogens with one attached hydrogen (secondary N) is 2. The molecular weight excluding hydrogens is 600 g/mol. The van der Waals surface area contributed by atoms with Crippen molar-refractivity contribution >= 4 is 44.5 Å². The van der Waals surface area contributed by atoms with E-state index in [0.717, 1.165) is 16.5 Å². The van der Waals surface area contributed by atoms with Gasteiger partial charge in [0.2, 0.25) is 5.95 Å². The van der Waals surface area contributed by atoms with Crippen LogP contribution in [0.5, 0.6) is 11.5 Å². The number of hydrogen-bond acceptors (Lipinski definition) is 9. The van der Waals surface area contributed by atoms with E-state index in [1.807, 2.05) is 25.1 Å². The largest absolute Gasteiger partial charge is 0.493 e. The smallest absolute Gasteiger partial charge is 0.335 e. The summed E-state index contributed by atoms with van der Waals surface area (Å²) >= 11 is 0. The number of carbonyl (C=O) groups excluding carboxylic acids is 1. The number of nitrogens with zero attached hydrogens (tertiary/aromatic N) is 2. The molecule has 45 heavy (non-hydrogen) atoms. The Bertz CT molecular complexity index is 1960. The molecule has 1 amide bonds. The van der Waals surface area contributed by atoms with Crippen molar-refractivity contribution in [3.63, 3.8) is 0 Å². The van der Waals surface area contributed by atoms with Crippen LogP contribution < -0.4 is 20.1 Å². The summed E-state index contributed by atoms with van der Waals surface area (Å²) < 4.78 is 40.4. The zero-order valence-corrected chi connectivity index (χ0v) is 25.5. The second kappa shape index (κ2) is 13.8. The number of aromatic carboxylic acids is 1. The molecule has 5 aromatic rings. The van der Waals surface area contributed by atoms with Crippen molar-refractivity contribution < 1.29 is 37.1 Å². The lowest BCUT2D eigenvalue weighted by Gasteiger charge is -2.13. The normalized spacial score (nSPS) is 10.8. The number of carbonyl (C=O) groups is 2. The summed E-state index contributed by atoms with van der Waals surface area (Å²) in [7, 11) is 0.837. The summed E-state index contributed by atoms with van der Waals surface area (Å²) in [5, 5.41) is 15.6. The minimum absolute atomic E-state index is 0.0666. The molecule has 0 aliphatic rings. The second-order valence-corrected chi connectivity index (χ2v) is 11.0. The molecule has 0 aliphatic heterocycles. The monoisotopic (exact) mass is 630 g/mol. The van der Waals surface area contributed by atoms with Gasteiger partial charge in [-0.3, -0.25) is 9.35 Å². The first-order chi connectivity index (χ1) is 21.4. The number of fused-ring (bicyclic) bond motifs is 1. The highest BCUT2D eigenvalue weighted by molar-refractivity contribution is 7.85. The van der Waals surface area contributed by atoms with E-state index in [1.54, 1.807) is 51.6 Å². The Hall–Kier alpha value is -5.53. The summed E-state index contributed by atoms with van der Waals surface area (Å²) in [6.07, 6.45) is 0. The Labute approximate surface area is 259 Å². The average molecular weight is 631 g/mol. The van der Waals surface area contributed by atoms with E-state index in [0.29, 0.717) is 39.9 Å². The number of rotatable bonds is 8. The highest BCUT2D eigenvalue weighted by Crippen LogP contribution is 2.36. The lowest BCUT2D eigenvalue weighted by molar-refractivity contribution is 0.0696. The number of methoxy groups -OCH3 is 2. The first-order valence-corrected chi connectivity index (χ1v) is 14.8. The van der Waals surface area contributed by atoms with E-state index in [2.05, 4.69) is 20.6 Å². The van der Waals surface area contributed by atoms with Crippen molar-refractivity contribution in [3.05, 3.63) is 102 Å². The maximum atomic E-state index is 12.7. The van der Waals surface area contributed by atoms with Crippen LogP contribution in [-0.2, 0) is 10.1 Å². The molecule has 0 fully saturated rings. The number of amides is 1. The molecule has 0 bridgehead atoms. The predicted octanol–water partition coefficient (Wildman–Crippen LogP) is 5.55. The molecule has 0 saturated carbocycles. The van der Waals surface area contributed by atoms with Crippen LogP contribution in [0.4, 0.5) is 11.6 Å². The minimum Gasteiger partial charge on any atom is -0.493 e. The van der Waals surface area contributed by atoms with Crippen LogP contribution >= 0.6 is 0 Å². The quantitative estimate of drug-likeness (QED) is 0.158. The lowest BCUT2D eigenvalue weighted by Crippen LogP contribution is -2.12. The van der Waals surface area contributed by atoms with Gasteiger partial charge < -0.3 is 25.2 Å². The summed E-state index contributed by atoms with van der Waals surface area (Å²) in [5.74, 6) is 0.126. The molecule has 0 atom stereocenters. The number of benzene rings is 4. The zero-order chi connectivity index (χ0) is 32.7. The summed E-state index contributed by atoms with van der Waals surface area (Å²) in [5.41, 5.74) is 4.05. The van der Waals surface area contributed by atoms with Gasteiger partial charge >= 0.3 is 5.97 Å². The minimum atomic E-state index is -4.02. The summed E-state index contributed by atoms with van der Waals surface area (Å²) in [6.45, 7) is 1.84. The maximum Gasteiger partial charge on any atom is 0.335 e. The van der Waals surface area contributed by atoms with Crippen molar-refractivity contribution in [1.82, 2.24) is 9.97 Å². The fraction of sp³-hybridized carbons (Fsp3) is 0.125. The lowest BCUT2D eigenvalue weighted by atomic mass is 10.0. The molecule has 0 aliphatic carbocycles. The molecule has 0 saturated heterocycles. The third-order valence-electron chi connectivity index (χ3n) is 6.53. The van der Waals surface area contributed by atoms with Crippen LogP contribution in [0.3, 0.4) is 0 Å². The van der Waals surface area contributed by atoms with Gasteiger partial charge in [0.1, 0.15) is 0 Å². The van der Waals surface area contributed by atoms with Gasteiger partial charge in [0.15, 0.2) is 11.5 Å². The topological polar surface area (TPSA) is 177 Å². The fourth-order valence-electron chi connectivity index (χ4n) is 4.21. The molecule has 232 valence electrons. The van der Waals surface area contributed by atoms with Gasteiger partial charge in [-0.2, -0.15) is 8.42 Å². The summed E-state index contributed by atoms with van der Waals surface area (Å²) in [6, 6.07) is 22.6. The highest BCUT2D eigenvalue weighted by atomic mass is 32.2. The number of anilines is 2. The Morgan fingerprint density at radius 3 is 2.02 bits per heavy atom. The fourth-order valence-corrected chi connectivity index (χ4v) is 4.69. The van der Waals surface area contributed by atoms with Gasteiger partial charge in [-0.1, -0.05) is 29.8 Å². The van der Waals surface area contributed by atoms with Crippen molar-refractivity contribution in [3.8, 4) is 22.8 Å². The van der Waals surface area contributed by atoms with Crippen molar-refractivity contribution in [1.29, 1.82) is 0 Å². The Morgan fingerprint density at radius 1 is 0.822 bits per heavy atom. The van der Waals surface area contributed by atoms with Crippen LogP contribution in [0.1, 0.15) is 26.3 Å². The van der Waals surface area contributed by atoms with Gasteiger partial charge in [0, 0.05) is 35.3 Å². The third kappa shape index (κ3) is 7.90. The molecule has 4 aromatic carbocycles. The Balaban J connectivity index is 0.000000354. The number of carboxylic acids is 1. The van der Waals surface area contributed by atoms with Crippen LogP contribution in [0.2, 0.25) is 0 Å². The third-order valence-corrected chi connectivity index (χ3v) is 7.40. The predicted molar refractivity (Wildman–Crippen MR) is 170 cm³/mol. The van der Waals surface area contributed by atoms with Crippen LogP contribution in [0, 0.1) is 6.92 Å². The number of carboxylic acid groups (broad SMARTS) is 1. The first kappa shape index (κ1) is 32.4. The van der Waals surface area contributed by atoms with Gasteiger partial charge in [-0.15, -0.1) is 0 Å². The van der Waals surface area contributed by atoms with E-state index in [9.17, 15) is 18.0 Å². The number of ether oxygens (including phenoxy) is 2. The van der Waals surface area contributed by atoms with Crippen LogP contribution in [-0.4, -0.2) is 61.2 Å². The van der Waals surface area contributed by atoms with Gasteiger partial charge in [0.05, 0.1) is 35.9 Å². The standard InChI is InChI=1S/C25H22N4O5.C7H8O3S/c1-26-25-28-19-13-21(34-3)20(33-2)12-18(19)22(29-25)16-5-4-6-17(11-16)27-23(30)14-7-9-15(10-8-14)24(31)32;1-6-2-4-7(5-3-6)11(8,9)10/h4-13H,1-3H3,(H,27,30)(H,31,32)(H,26,28,29);2-5H,1H3,(H,8,9,10). The summed E-state index contributed by atoms with van der Waals surface area (Å²) in [4.78, 5) is 32.8. The molecule has 4 N–H and O–H groups in total. The molecule has 0 unspecified atom stereocenters. The van der Waals surface area contributed by atoms with Crippen molar-refractivity contribution in [2.75, 3.05) is 31.9 Å². The average Bonchev–Trinajstić information content (AvgIpc) is 3.03. The first-order valence-electron chi connectivity index (χ1n) is 13.3. The molecular formula is C32H30N4O8S. The van der Waals surface area contributed by atoms with E-state index in [-0.39, 0.29) is 16.4 Å². The number of hydrogen-bond donors (Lipinski definition) is 4. The van der Waals surface area contributed by atoms with E-state index >= 15 is 0 Å². The zero-order valence-electron chi connectivity index (χ0n) is 24.7. The van der Waals surface area contributed by atoms with Gasteiger partial charge in [0.25, 0.3) is 16.0 Å². The highest BCUT2D eigenvalue weighted by Gasteiger charge is 2.16. The Kier molecular flexibility index (Phi) is 9.96. The molecule has 13 heteroatoms. The number of aryl methyl sites for hydroxylation is 1. The van der Waals surface area contributed by atoms with Crippen molar-refractivity contribution in [2.45, 2.75) is 11.8 Å². The molecule has 1 heterocycles. The van der Waals surface area contributed by atoms with E-state index in [1.165, 1.54) is 36.4 Å². The van der Waals surface area contributed by atoms with Crippen LogP contribution in [0.25, 0.3) is 22.2 Å². The Morgan fingerprint density at radius 2 is 1.44 bits per heavy atom. The van der Waals surface area contributed by atoms with E-state index in [4.69, 9.17) is 19.1 Å². The molecule has 12 nitrogen and oxygen atoms in total. The molecule has 0 radical (unpaired) electrons. The van der Waals surface area contributed by atoms with E-state index < -0.39 is 16.1 Å². The molecule has 0 spiro atoms.